The van der Waals surface area contributed by atoms with Crippen LogP contribution in [0.25, 0.3) is 0 Å². The molecule has 2 saturated carbocycles. The molecular weight excluding hydrogens is 238 g/mol. The number of carbonyl (C=O) groups excluding carboxylic acids is 1. The Kier molecular flexibility index (Phi) is 2.71. The van der Waals surface area contributed by atoms with E-state index in [0.717, 1.165) is 6.42 Å². The van der Waals surface area contributed by atoms with Crippen LogP contribution < -0.4 is 4.84 Å². The van der Waals surface area contributed by atoms with Crippen molar-refractivity contribution < 1.29 is 9.53 Å². The van der Waals surface area contributed by atoms with Crippen LogP contribution in [-0.4, -0.2) is 19.1 Å². The topological polar surface area (TPSA) is 38.3 Å². The molecule has 3 nitrogen and oxygen atoms in total. The molecule has 5 atom stereocenters. The largest absolute Gasteiger partial charge is 0.469 e. The van der Waals surface area contributed by atoms with Crippen LogP contribution in [0.5, 0.6) is 0 Å². The lowest BCUT2D eigenvalue weighted by Crippen LogP contribution is -2.57. The molecule has 0 amide bonds. The summed E-state index contributed by atoms with van der Waals surface area (Å²) in [4.78, 5) is 14.7. The average molecular weight is 256 g/mol. The normalized spacial score (nSPS) is 43.1. The molecule has 0 heterocycles. The number of fused-ring (bicyclic) bond motifs is 3. The molecule has 3 rings (SSSR count). The van der Waals surface area contributed by atoms with E-state index in [1.165, 1.54) is 20.0 Å². The molecule has 0 bridgehead atoms. The minimum Gasteiger partial charge on any atom is -0.469 e. The molecule has 3 aliphatic carbocycles. The monoisotopic (exact) mass is 255 g/mol. The fourth-order valence-corrected chi connectivity index (χ4v) is 4.32. The summed E-state index contributed by atoms with van der Waals surface area (Å²) in [5, 5.41) is 0. The molecule has 0 aliphatic heterocycles. The van der Waals surface area contributed by atoms with Crippen molar-refractivity contribution in [1.29, 1.82) is 0 Å². The number of carbonyl (C=O) groups is 1. The maximum Gasteiger partial charge on any atom is 0.310 e. The molecular formula is C13H18ClNO2. The van der Waals surface area contributed by atoms with Gasteiger partial charge in [0.05, 0.1) is 13.0 Å². The predicted molar refractivity (Wildman–Crippen MR) is 65.3 cm³/mol. The lowest BCUT2D eigenvalue weighted by atomic mass is 9.49. The zero-order valence-electron chi connectivity index (χ0n) is 10.2. The number of esters is 1. The number of hydrogen-bond donors (Lipinski definition) is 1. The van der Waals surface area contributed by atoms with Crippen LogP contribution in [0, 0.1) is 23.7 Å². The second kappa shape index (κ2) is 3.99. The summed E-state index contributed by atoms with van der Waals surface area (Å²) < 4.78 is 4.93. The molecule has 0 spiro atoms. The Morgan fingerprint density at radius 2 is 2.24 bits per heavy atom. The molecule has 5 unspecified atom stereocenters. The predicted octanol–water partition coefficient (Wildman–Crippen LogP) is 2.26. The quantitative estimate of drug-likeness (QED) is 0.467. The molecule has 4 heteroatoms. The number of halogens is 1. The molecule has 0 aromatic rings. The average Bonchev–Trinajstić information content (AvgIpc) is 2.29. The van der Waals surface area contributed by atoms with E-state index < -0.39 is 0 Å². The first kappa shape index (κ1) is 11.5. The van der Waals surface area contributed by atoms with Crippen LogP contribution in [0.1, 0.15) is 26.2 Å². The SMILES string of the molecule is COC(=O)C1C(C)CC2=C3CCC3C2C1NCl. The van der Waals surface area contributed by atoms with Gasteiger partial charge in [0, 0.05) is 12.0 Å². The van der Waals surface area contributed by atoms with Gasteiger partial charge >= 0.3 is 5.97 Å². The molecule has 0 aromatic carbocycles. The van der Waals surface area contributed by atoms with Crippen molar-refractivity contribution in [2.75, 3.05) is 7.11 Å². The van der Waals surface area contributed by atoms with Crippen molar-refractivity contribution in [1.82, 2.24) is 4.84 Å². The first-order chi connectivity index (χ1) is 8.19. The third-order valence-electron chi connectivity index (χ3n) is 4.95. The van der Waals surface area contributed by atoms with Gasteiger partial charge in [0.25, 0.3) is 0 Å². The standard InChI is InChI=1S/C13H18ClNO2/c1-6-5-9-7-3-4-8(7)11(9)12(15-14)10(6)13(16)17-2/h6,8,10-12,15H,3-5H2,1-2H3. The fourth-order valence-electron chi connectivity index (χ4n) is 4.05. The summed E-state index contributed by atoms with van der Waals surface area (Å²) in [7, 11) is 1.46. The molecule has 0 aromatic heterocycles. The third kappa shape index (κ3) is 1.42. The van der Waals surface area contributed by atoms with E-state index in [1.54, 1.807) is 11.1 Å². The Morgan fingerprint density at radius 1 is 1.47 bits per heavy atom. The highest BCUT2D eigenvalue weighted by Gasteiger charge is 2.56. The highest BCUT2D eigenvalue weighted by atomic mass is 35.5. The maximum atomic E-state index is 11.9. The summed E-state index contributed by atoms with van der Waals surface area (Å²) in [5.41, 5.74) is 3.23. The van der Waals surface area contributed by atoms with Gasteiger partial charge in [0.2, 0.25) is 0 Å². The Morgan fingerprint density at radius 3 is 2.76 bits per heavy atom. The van der Waals surface area contributed by atoms with Crippen LogP contribution in [0.15, 0.2) is 11.1 Å². The third-order valence-corrected chi connectivity index (χ3v) is 5.20. The first-order valence-corrected chi connectivity index (χ1v) is 6.72. The Hall–Kier alpha value is -0.540. The van der Waals surface area contributed by atoms with Gasteiger partial charge in [-0.25, -0.2) is 4.84 Å². The lowest BCUT2D eigenvalue weighted by Gasteiger charge is -2.57. The van der Waals surface area contributed by atoms with E-state index in [4.69, 9.17) is 16.5 Å². The van der Waals surface area contributed by atoms with E-state index in [1.807, 2.05) is 0 Å². The summed E-state index contributed by atoms with van der Waals surface area (Å²) in [6, 6.07) is 0.0527. The Balaban J connectivity index is 1.90. The van der Waals surface area contributed by atoms with Crippen LogP contribution in [0.2, 0.25) is 0 Å². The number of hydrogen-bond acceptors (Lipinski definition) is 3. The highest BCUT2D eigenvalue weighted by Crippen LogP contribution is 2.60. The number of ether oxygens (including phenoxy) is 1. The van der Waals surface area contributed by atoms with Crippen molar-refractivity contribution in [2.24, 2.45) is 23.7 Å². The Labute approximate surface area is 107 Å². The van der Waals surface area contributed by atoms with Crippen LogP contribution in [0.3, 0.4) is 0 Å². The minimum absolute atomic E-state index is 0.0527. The first-order valence-electron chi connectivity index (χ1n) is 6.34. The van der Waals surface area contributed by atoms with Crippen LogP contribution in [-0.2, 0) is 9.53 Å². The van der Waals surface area contributed by atoms with E-state index in [-0.39, 0.29) is 17.9 Å². The molecule has 2 fully saturated rings. The smallest absolute Gasteiger partial charge is 0.310 e. The van der Waals surface area contributed by atoms with E-state index in [0.29, 0.717) is 17.8 Å². The minimum atomic E-state index is -0.123. The van der Waals surface area contributed by atoms with Crippen molar-refractivity contribution in [3.8, 4) is 0 Å². The molecule has 0 radical (unpaired) electrons. The molecule has 17 heavy (non-hydrogen) atoms. The second-order valence-electron chi connectivity index (χ2n) is 5.59. The number of methoxy groups -OCH3 is 1. The molecule has 3 aliphatic rings. The van der Waals surface area contributed by atoms with Crippen molar-refractivity contribution in [3.63, 3.8) is 0 Å². The fraction of sp³-hybridized carbons (Fsp3) is 0.769. The van der Waals surface area contributed by atoms with Crippen LogP contribution in [0.4, 0.5) is 0 Å². The number of allylic oxidation sites excluding steroid dienone is 1. The van der Waals surface area contributed by atoms with Gasteiger partial charge in [-0.2, -0.15) is 0 Å². The molecule has 94 valence electrons. The van der Waals surface area contributed by atoms with E-state index in [9.17, 15) is 4.79 Å². The number of rotatable bonds is 2. The molecule has 0 saturated heterocycles. The summed E-state index contributed by atoms with van der Waals surface area (Å²) in [6.07, 6.45) is 3.58. The highest BCUT2D eigenvalue weighted by molar-refractivity contribution is 6.13. The zero-order chi connectivity index (χ0) is 12.2. The van der Waals surface area contributed by atoms with Gasteiger partial charge in [-0.3, -0.25) is 4.79 Å². The van der Waals surface area contributed by atoms with Crippen molar-refractivity contribution >= 4 is 17.7 Å². The van der Waals surface area contributed by atoms with Gasteiger partial charge in [0.1, 0.15) is 0 Å². The Bertz CT molecular complexity index is 393. The molecule has 1 N–H and O–H groups in total. The van der Waals surface area contributed by atoms with Crippen molar-refractivity contribution in [2.45, 2.75) is 32.2 Å². The van der Waals surface area contributed by atoms with Gasteiger partial charge < -0.3 is 4.74 Å². The van der Waals surface area contributed by atoms with Gasteiger partial charge in [-0.1, -0.05) is 18.1 Å². The van der Waals surface area contributed by atoms with Crippen molar-refractivity contribution in [3.05, 3.63) is 11.1 Å². The van der Waals surface area contributed by atoms with Crippen LogP contribution >= 0.6 is 11.8 Å². The maximum absolute atomic E-state index is 11.9. The van der Waals surface area contributed by atoms with Gasteiger partial charge in [-0.15, -0.1) is 0 Å². The second-order valence-corrected chi connectivity index (χ2v) is 5.80. The summed E-state index contributed by atoms with van der Waals surface area (Å²) in [6.45, 7) is 2.12. The van der Waals surface area contributed by atoms with Gasteiger partial charge in [0.15, 0.2) is 0 Å². The van der Waals surface area contributed by atoms with E-state index in [2.05, 4.69) is 11.8 Å². The lowest BCUT2D eigenvalue weighted by molar-refractivity contribution is -0.150. The zero-order valence-corrected chi connectivity index (χ0v) is 11.0. The number of nitrogens with one attached hydrogen (secondary N) is 1. The summed E-state index contributed by atoms with van der Waals surface area (Å²) >= 11 is 5.89. The van der Waals surface area contributed by atoms with E-state index >= 15 is 0 Å². The summed E-state index contributed by atoms with van der Waals surface area (Å²) in [5.74, 6) is 1.27. The van der Waals surface area contributed by atoms with Gasteiger partial charge in [-0.05, 0) is 42.9 Å².